The number of hydrogen-bond acceptors (Lipinski definition) is 3. The monoisotopic (exact) mass is 273 g/mol. The van der Waals surface area contributed by atoms with Crippen molar-refractivity contribution in [2.75, 3.05) is 20.8 Å². The summed E-state index contributed by atoms with van der Waals surface area (Å²) in [6.07, 6.45) is 3.14. The van der Waals surface area contributed by atoms with Gasteiger partial charge in [-0.1, -0.05) is 18.0 Å². The minimum absolute atomic E-state index is 0.0193. The van der Waals surface area contributed by atoms with Crippen LogP contribution in [0.25, 0.3) is 0 Å². The van der Waals surface area contributed by atoms with Crippen molar-refractivity contribution in [3.8, 4) is 11.5 Å². The molecular formula is C13H17ClFNO2. The molecule has 1 fully saturated rings. The van der Waals surface area contributed by atoms with Crippen LogP contribution in [0.5, 0.6) is 11.5 Å². The summed E-state index contributed by atoms with van der Waals surface area (Å²) in [6, 6.07) is 1.28. The van der Waals surface area contributed by atoms with Gasteiger partial charge in [-0.15, -0.1) is 0 Å². The van der Waals surface area contributed by atoms with Gasteiger partial charge in [-0.25, -0.2) is 4.39 Å². The number of hydrogen-bond donors (Lipinski definition) is 1. The Hall–Kier alpha value is -1.00. The fourth-order valence-corrected chi connectivity index (χ4v) is 2.65. The molecule has 0 radical (unpaired) electrons. The van der Waals surface area contributed by atoms with Gasteiger partial charge in [0.05, 0.1) is 19.2 Å². The minimum Gasteiger partial charge on any atom is -0.493 e. The first kappa shape index (κ1) is 13.4. The maximum Gasteiger partial charge on any atom is 0.167 e. The van der Waals surface area contributed by atoms with E-state index >= 15 is 0 Å². The van der Waals surface area contributed by atoms with Gasteiger partial charge in [0.1, 0.15) is 5.82 Å². The van der Waals surface area contributed by atoms with Crippen LogP contribution in [0.4, 0.5) is 4.39 Å². The fraction of sp³-hybridized carbons (Fsp3) is 0.538. The Morgan fingerprint density at radius 3 is 2.67 bits per heavy atom. The third-order valence-electron chi connectivity index (χ3n) is 3.26. The molecule has 0 aliphatic carbocycles. The average molecular weight is 274 g/mol. The number of nitrogens with one attached hydrogen (secondary N) is 1. The lowest BCUT2D eigenvalue weighted by Gasteiger charge is -2.27. The maximum atomic E-state index is 13.8. The van der Waals surface area contributed by atoms with Gasteiger partial charge in [0.15, 0.2) is 11.5 Å². The van der Waals surface area contributed by atoms with E-state index in [2.05, 4.69) is 5.32 Å². The molecule has 3 nitrogen and oxygen atoms in total. The van der Waals surface area contributed by atoms with Crippen LogP contribution in [-0.4, -0.2) is 20.8 Å². The van der Waals surface area contributed by atoms with E-state index in [0.717, 1.165) is 25.8 Å². The molecule has 1 aromatic carbocycles. The Balaban J connectivity index is 2.51. The summed E-state index contributed by atoms with van der Waals surface area (Å²) >= 11 is 6.09. The van der Waals surface area contributed by atoms with Crippen LogP contribution in [0, 0.1) is 5.82 Å². The van der Waals surface area contributed by atoms with Crippen LogP contribution in [-0.2, 0) is 0 Å². The molecule has 1 aromatic rings. The molecular weight excluding hydrogens is 257 g/mol. The van der Waals surface area contributed by atoms with E-state index in [1.165, 1.54) is 13.2 Å². The number of halogens is 2. The molecule has 1 unspecified atom stereocenters. The van der Waals surface area contributed by atoms with Crippen molar-refractivity contribution in [2.24, 2.45) is 0 Å². The maximum absolute atomic E-state index is 13.8. The van der Waals surface area contributed by atoms with Gasteiger partial charge in [-0.05, 0) is 19.4 Å². The average Bonchev–Trinajstić information content (AvgIpc) is 2.42. The molecule has 2 rings (SSSR count). The molecule has 1 aliphatic rings. The van der Waals surface area contributed by atoms with Crippen LogP contribution in [0.1, 0.15) is 30.9 Å². The summed E-state index contributed by atoms with van der Waals surface area (Å²) in [4.78, 5) is 0. The van der Waals surface area contributed by atoms with Crippen molar-refractivity contribution in [1.29, 1.82) is 0 Å². The van der Waals surface area contributed by atoms with Gasteiger partial charge in [0.25, 0.3) is 0 Å². The molecule has 1 heterocycles. The van der Waals surface area contributed by atoms with Gasteiger partial charge in [0.2, 0.25) is 0 Å². The molecule has 0 saturated carbocycles. The lowest BCUT2D eigenvalue weighted by atomic mass is 9.96. The number of piperidine rings is 1. The third kappa shape index (κ3) is 2.40. The molecule has 100 valence electrons. The van der Waals surface area contributed by atoms with Crippen LogP contribution in [0.2, 0.25) is 5.02 Å². The molecule has 0 spiro atoms. The summed E-state index contributed by atoms with van der Waals surface area (Å²) in [5, 5.41) is 3.46. The van der Waals surface area contributed by atoms with E-state index in [1.54, 1.807) is 7.11 Å². The fourth-order valence-electron chi connectivity index (χ4n) is 2.38. The predicted molar refractivity (Wildman–Crippen MR) is 69.1 cm³/mol. The first-order chi connectivity index (χ1) is 8.69. The Labute approximate surface area is 111 Å². The van der Waals surface area contributed by atoms with E-state index < -0.39 is 5.82 Å². The summed E-state index contributed by atoms with van der Waals surface area (Å²) in [5.41, 5.74) is 0.663. The Bertz CT molecular complexity index is 433. The summed E-state index contributed by atoms with van der Waals surface area (Å²) in [5.74, 6) is 0.418. The summed E-state index contributed by atoms with van der Waals surface area (Å²) in [6.45, 7) is 0.906. The second-order valence-electron chi connectivity index (χ2n) is 4.32. The van der Waals surface area contributed by atoms with Crippen molar-refractivity contribution < 1.29 is 13.9 Å². The second-order valence-corrected chi connectivity index (χ2v) is 4.70. The summed E-state index contributed by atoms with van der Waals surface area (Å²) in [7, 11) is 3.03. The van der Waals surface area contributed by atoms with Gasteiger partial charge in [0, 0.05) is 17.7 Å². The van der Waals surface area contributed by atoms with Crippen molar-refractivity contribution in [2.45, 2.75) is 25.3 Å². The third-order valence-corrected chi connectivity index (χ3v) is 3.64. The topological polar surface area (TPSA) is 30.5 Å². The van der Waals surface area contributed by atoms with E-state index in [9.17, 15) is 4.39 Å². The second kappa shape index (κ2) is 5.76. The lowest BCUT2D eigenvalue weighted by molar-refractivity contribution is 0.335. The van der Waals surface area contributed by atoms with Crippen molar-refractivity contribution >= 4 is 11.6 Å². The molecule has 18 heavy (non-hydrogen) atoms. The molecule has 1 N–H and O–H groups in total. The smallest absolute Gasteiger partial charge is 0.167 e. The number of benzene rings is 1. The van der Waals surface area contributed by atoms with E-state index in [-0.39, 0.29) is 11.1 Å². The molecule has 1 atom stereocenters. The summed E-state index contributed by atoms with van der Waals surface area (Å²) < 4.78 is 24.3. The molecule has 0 amide bonds. The Kier molecular flexibility index (Phi) is 4.30. The van der Waals surface area contributed by atoms with E-state index in [0.29, 0.717) is 17.1 Å². The number of ether oxygens (including phenoxy) is 2. The van der Waals surface area contributed by atoms with Gasteiger partial charge >= 0.3 is 0 Å². The van der Waals surface area contributed by atoms with Crippen molar-refractivity contribution in [3.63, 3.8) is 0 Å². The SMILES string of the molecule is COc1cc(F)c(Cl)c(C2CCCCN2)c1OC. The molecule has 1 saturated heterocycles. The van der Waals surface area contributed by atoms with Crippen molar-refractivity contribution in [1.82, 2.24) is 5.32 Å². The number of methoxy groups -OCH3 is 2. The first-order valence-electron chi connectivity index (χ1n) is 6.02. The normalized spacial score (nSPS) is 19.7. The molecule has 0 aromatic heterocycles. The van der Waals surface area contributed by atoms with Crippen LogP contribution < -0.4 is 14.8 Å². The van der Waals surface area contributed by atoms with E-state index in [4.69, 9.17) is 21.1 Å². The molecule has 5 heteroatoms. The highest BCUT2D eigenvalue weighted by Crippen LogP contribution is 2.43. The zero-order valence-electron chi connectivity index (χ0n) is 10.6. The van der Waals surface area contributed by atoms with Gasteiger partial charge < -0.3 is 14.8 Å². The Morgan fingerprint density at radius 2 is 2.11 bits per heavy atom. The number of rotatable bonds is 3. The highest BCUT2D eigenvalue weighted by atomic mass is 35.5. The van der Waals surface area contributed by atoms with Gasteiger partial charge in [-0.2, -0.15) is 0 Å². The van der Waals surface area contributed by atoms with Crippen LogP contribution in [0.15, 0.2) is 6.07 Å². The highest BCUT2D eigenvalue weighted by molar-refractivity contribution is 6.31. The molecule has 0 bridgehead atoms. The molecule has 1 aliphatic heterocycles. The Morgan fingerprint density at radius 1 is 1.33 bits per heavy atom. The zero-order chi connectivity index (χ0) is 13.1. The zero-order valence-corrected chi connectivity index (χ0v) is 11.3. The minimum atomic E-state index is -0.475. The highest BCUT2D eigenvalue weighted by Gasteiger charge is 2.26. The van der Waals surface area contributed by atoms with E-state index in [1.807, 2.05) is 0 Å². The standard InChI is InChI=1S/C13H17ClFNO2/c1-17-10-7-8(15)12(14)11(13(10)18-2)9-5-3-4-6-16-9/h7,9,16H,3-6H2,1-2H3. The lowest BCUT2D eigenvalue weighted by Crippen LogP contribution is -2.27. The van der Waals surface area contributed by atoms with Gasteiger partial charge in [-0.3, -0.25) is 0 Å². The van der Waals surface area contributed by atoms with Crippen LogP contribution in [0.3, 0.4) is 0 Å². The van der Waals surface area contributed by atoms with Crippen molar-refractivity contribution in [3.05, 3.63) is 22.5 Å². The quantitative estimate of drug-likeness (QED) is 0.916. The largest absolute Gasteiger partial charge is 0.493 e. The predicted octanol–water partition coefficient (Wildman–Crippen LogP) is 3.31. The van der Waals surface area contributed by atoms with Crippen LogP contribution >= 0.6 is 11.6 Å². The first-order valence-corrected chi connectivity index (χ1v) is 6.40.